The van der Waals surface area contributed by atoms with Crippen molar-refractivity contribution in [3.05, 3.63) is 0 Å². The highest BCUT2D eigenvalue weighted by molar-refractivity contribution is 4.86. The fraction of sp³-hybridized carbons (Fsp3) is 1.00. The van der Waals surface area contributed by atoms with Gasteiger partial charge in [0.25, 0.3) is 0 Å². The third-order valence-electron chi connectivity index (χ3n) is 6.35. The molecular formula is C19H39N3. The average Bonchev–Trinajstić information content (AvgIpc) is 2.48. The Hall–Kier alpha value is -0.120. The van der Waals surface area contributed by atoms with Crippen molar-refractivity contribution < 1.29 is 0 Å². The third kappa shape index (κ3) is 5.21. The van der Waals surface area contributed by atoms with Crippen LogP contribution < -0.4 is 16.0 Å². The summed E-state index contributed by atoms with van der Waals surface area (Å²) in [4.78, 5) is 0. The molecule has 0 spiro atoms. The van der Waals surface area contributed by atoms with Crippen molar-refractivity contribution in [1.82, 2.24) is 16.0 Å². The van der Waals surface area contributed by atoms with E-state index in [-0.39, 0.29) is 0 Å². The van der Waals surface area contributed by atoms with Crippen molar-refractivity contribution in [1.29, 1.82) is 0 Å². The minimum atomic E-state index is 0.461. The molecule has 2 fully saturated rings. The second kappa shape index (κ2) is 8.12. The lowest BCUT2D eigenvalue weighted by atomic mass is 9.75. The molecule has 0 amide bonds. The molecule has 0 bridgehead atoms. The molecule has 2 aliphatic rings. The first-order valence-corrected chi connectivity index (χ1v) is 9.62. The molecule has 1 aliphatic heterocycles. The van der Waals surface area contributed by atoms with E-state index in [4.69, 9.17) is 0 Å². The highest BCUT2D eigenvalue weighted by Crippen LogP contribution is 2.35. The van der Waals surface area contributed by atoms with Gasteiger partial charge in [-0.15, -0.1) is 0 Å². The van der Waals surface area contributed by atoms with Crippen molar-refractivity contribution >= 4 is 0 Å². The maximum Gasteiger partial charge on any atom is 0.0544 e. The fourth-order valence-electron chi connectivity index (χ4n) is 4.25. The summed E-state index contributed by atoms with van der Waals surface area (Å²) in [6.45, 7) is 14.2. The SMILES string of the molecule is CC1NCC(CC(C)C(C)NCC2(C)CCCCC2)C(C)N1. The van der Waals surface area contributed by atoms with Crippen LogP contribution >= 0.6 is 0 Å². The van der Waals surface area contributed by atoms with Crippen LogP contribution in [0.1, 0.15) is 73.1 Å². The zero-order chi connectivity index (χ0) is 16.2. The van der Waals surface area contributed by atoms with Crippen LogP contribution in [0.4, 0.5) is 0 Å². The van der Waals surface area contributed by atoms with Crippen LogP contribution in [0.15, 0.2) is 0 Å². The summed E-state index contributed by atoms with van der Waals surface area (Å²) >= 11 is 0. The van der Waals surface area contributed by atoms with Crippen LogP contribution in [0, 0.1) is 17.3 Å². The number of hydrogen-bond donors (Lipinski definition) is 3. The highest BCUT2D eigenvalue weighted by atomic mass is 15.2. The van der Waals surface area contributed by atoms with E-state index in [9.17, 15) is 0 Å². The van der Waals surface area contributed by atoms with Crippen LogP contribution in [-0.2, 0) is 0 Å². The Kier molecular flexibility index (Phi) is 6.73. The number of hydrogen-bond acceptors (Lipinski definition) is 3. The molecule has 0 aromatic carbocycles. The maximum atomic E-state index is 3.86. The summed E-state index contributed by atoms with van der Waals surface area (Å²) in [7, 11) is 0. The first-order chi connectivity index (χ1) is 10.4. The van der Waals surface area contributed by atoms with E-state index >= 15 is 0 Å². The molecule has 1 saturated carbocycles. The molecule has 3 N–H and O–H groups in total. The molecule has 5 unspecified atom stereocenters. The zero-order valence-electron chi connectivity index (χ0n) is 15.5. The Labute approximate surface area is 138 Å². The molecule has 0 aromatic heterocycles. The van der Waals surface area contributed by atoms with Crippen molar-refractivity contribution in [2.45, 2.75) is 91.4 Å². The van der Waals surface area contributed by atoms with Gasteiger partial charge in [-0.3, -0.25) is 5.32 Å². The number of rotatable bonds is 6. The van der Waals surface area contributed by atoms with E-state index < -0.39 is 0 Å². The maximum absolute atomic E-state index is 3.86. The minimum Gasteiger partial charge on any atom is -0.313 e. The molecule has 3 heteroatoms. The van der Waals surface area contributed by atoms with Crippen LogP contribution in [0.3, 0.4) is 0 Å². The third-order valence-corrected chi connectivity index (χ3v) is 6.35. The molecule has 3 nitrogen and oxygen atoms in total. The van der Waals surface area contributed by atoms with E-state index in [1.54, 1.807) is 0 Å². The van der Waals surface area contributed by atoms with Crippen molar-refractivity contribution in [3.8, 4) is 0 Å². The molecule has 22 heavy (non-hydrogen) atoms. The minimum absolute atomic E-state index is 0.461. The van der Waals surface area contributed by atoms with E-state index in [0.717, 1.165) is 18.4 Å². The standard InChI is InChI=1S/C19H39N3/c1-14(11-18-12-20-17(4)22-16(18)3)15(2)21-13-19(5)9-7-6-8-10-19/h14-18,20-22H,6-13H2,1-5H3. The predicted molar refractivity (Wildman–Crippen MR) is 96.0 cm³/mol. The first-order valence-electron chi connectivity index (χ1n) is 9.62. The quantitative estimate of drug-likeness (QED) is 0.703. The molecule has 1 heterocycles. The fourth-order valence-corrected chi connectivity index (χ4v) is 4.25. The topological polar surface area (TPSA) is 36.1 Å². The van der Waals surface area contributed by atoms with Crippen LogP contribution in [0.25, 0.3) is 0 Å². The summed E-state index contributed by atoms with van der Waals surface area (Å²) < 4.78 is 0. The molecule has 2 rings (SSSR count). The second-order valence-electron chi connectivity index (χ2n) is 8.60. The van der Waals surface area contributed by atoms with Gasteiger partial charge in [-0.2, -0.15) is 0 Å². The lowest BCUT2D eigenvalue weighted by Gasteiger charge is -2.39. The molecule has 1 saturated heterocycles. The largest absolute Gasteiger partial charge is 0.313 e. The van der Waals surface area contributed by atoms with Crippen molar-refractivity contribution in [2.24, 2.45) is 17.3 Å². The lowest BCUT2D eigenvalue weighted by molar-refractivity contribution is 0.175. The van der Waals surface area contributed by atoms with Crippen LogP contribution in [-0.4, -0.2) is 31.3 Å². The Balaban J connectivity index is 1.73. The van der Waals surface area contributed by atoms with E-state index in [1.165, 1.54) is 45.1 Å². The van der Waals surface area contributed by atoms with Gasteiger partial charge in [-0.1, -0.05) is 33.1 Å². The molecule has 0 radical (unpaired) electrons. The predicted octanol–water partition coefficient (Wildman–Crippen LogP) is 3.50. The van der Waals surface area contributed by atoms with E-state index in [1.807, 2.05) is 0 Å². The summed E-state index contributed by atoms with van der Waals surface area (Å²) in [5.74, 6) is 1.48. The zero-order valence-corrected chi connectivity index (χ0v) is 15.5. The Morgan fingerprint density at radius 2 is 1.82 bits per heavy atom. The Morgan fingerprint density at radius 1 is 1.14 bits per heavy atom. The summed E-state index contributed by atoms with van der Waals surface area (Å²) in [6, 6.07) is 1.24. The Morgan fingerprint density at radius 3 is 2.45 bits per heavy atom. The van der Waals surface area contributed by atoms with E-state index in [2.05, 4.69) is 50.6 Å². The monoisotopic (exact) mass is 309 g/mol. The van der Waals surface area contributed by atoms with Crippen LogP contribution in [0.2, 0.25) is 0 Å². The van der Waals surface area contributed by atoms with Gasteiger partial charge in [0.05, 0.1) is 6.17 Å². The van der Waals surface area contributed by atoms with Crippen LogP contribution in [0.5, 0.6) is 0 Å². The van der Waals surface area contributed by atoms with Gasteiger partial charge >= 0.3 is 0 Å². The number of nitrogens with one attached hydrogen (secondary N) is 3. The van der Waals surface area contributed by atoms with Crippen molar-refractivity contribution in [2.75, 3.05) is 13.1 Å². The second-order valence-corrected chi connectivity index (χ2v) is 8.60. The normalized spacial score (nSPS) is 35.0. The molecule has 130 valence electrons. The van der Waals surface area contributed by atoms with E-state index in [0.29, 0.717) is 23.7 Å². The first kappa shape index (κ1) is 18.2. The summed E-state index contributed by atoms with van der Waals surface area (Å²) in [5.41, 5.74) is 0.545. The average molecular weight is 310 g/mol. The lowest BCUT2D eigenvalue weighted by Crippen LogP contribution is -2.56. The van der Waals surface area contributed by atoms with Gasteiger partial charge in [-0.05, 0) is 57.3 Å². The van der Waals surface area contributed by atoms with Gasteiger partial charge in [0.1, 0.15) is 0 Å². The molecule has 5 atom stereocenters. The van der Waals surface area contributed by atoms with Gasteiger partial charge in [0.15, 0.2) is 0 Å². The Bertz CT molecular complexity index is 325. The van der Waals surface area contributed by atoms with Crippen molar-refractivity contribution in [3.63, 3.8) is 0 Å². The van der Waals surface area contributed by atoms with Gasteiger partial charge in [-0.25, -0.2) is 0 Å². The summed E-state index contributed by atoms with van der Waals surface area (Å²) in [5, 5.41) is 11.1. The smallest absolute Gasteiger partial charge is 0.0544 e. The van der Waals surface area contributed by atoms with Gasteiger partial charge in [0.2, 0.25) is 0 Å². The molecule has 1 aliphatic carbocycles. The molecule has 0 aromatic rings. The van der Waals surface area contributed by atoms with Gasteiger partial charge < -0.3 is 10.6 Å². The highest BCUT2D eigenvalue weighted by Gasteiger charge is 2.29. The van der Waals surface area contributed by atoms with Gasteiger partial charge in [0, 0.05) is 25.2 Å². The molecular weight excluding hydrogens is 270 g/mol. The summed E-state index contributed by atoms with van der Waals surface area (Å²) in [6.07, 6.45) is 8.88.